The average molecular weight is 557 g/mol. The fraction of sp³-hybridized carbons (Fsp3) is 0.188. The summed E-state index contributed by atoms with van der Waals surface area (Å²) in [5.74, 6) is -2.18. The summed E-state index contributed by atoms with van der Waals surface area (Å²) in [4.78, 5) is 43.3. The first-order valence-electron chi connectivity index (χ1n) is 13.0. The van der Waals surface area contributed by atoms with Gasteiger partial charge in [-0.1, -0.05) is 55.5 Å². The second-order valence-electron chi connectivity index (χ2n) is 9.78. The number of hydrogen-bond acceptors (Lipinski definition) is 6. The lowest BCUT2D eigenvalue weighted by molar-refractivity contribution is -0.123. The first-order chi connectivity index (χ1) is 19.8. The van der Waals surface area contributed by atoms with Crippen molar-refractivity contribution in [2.45, 2.75) is 26.4 Å². The SMILES string of the molecule is CC1CC(=Cc2ccccc2)c2nc3ccccc3c(C(=O)OCC(=O)NC(=O)c3ccc(OC(F)F)cc3)c2C1. The predicted molar refractivity (Wildman–Crippen MR) is 149 cm³/mol. The smallest absolute Gasteiger partial charge is 0.387 e. The molecule has 5 rings (SSSR count). The number of imide groups is 1. The van der Waals surface area contributed by atoms with Gasteiger partial charge in [-0.25, -0.2) is 9.78 Å². The second-order valence-corrected chi connectivity index (χ2v) is 9.78. The number of fused-ring (bicyclic) bond motifs is 2. The van der Waals surface area contributed by atoms with E-state index in [0.29, 0.717) is 22.9 Å². The Bertz CT molecular complexity index is 1640. The summed E-state index contributed by atoms with van der Waals surface area (Å²) >= 11 is 0. The number of hydrogen-bond donors (Lipinski definition) is 1. The Morgan fingerprint density at radius 2 is 1.68 bits per heavy atom. The van der Waals surface area contributed by atoms with Gasteiger partial charge in [-0.3, -0.25) is 14.9 Å². The van der Waals surface area contributed by atoms with Crippen LogP contribution in [0.4, 0.5) is 8.78 Å². The van der Waals surface area contributed by atoms with Crippen LogP contribution in [0.25, 0.3) is 22.6 Å². The molecule has 1 aliphatic carbocycles. The third-order valence-corrected chi connectivity index (χ3v) is 6.69. The van der Waals surface area contributed by atoms with Gasteiger partial charge in [-0.2, -0.15) is 8.78 Å². The number of ether oxygens (including phenoxy) is 2. The predicted octanol–water partition coefficient (Wildman–Crippen LogP) is 6.07. The van der Waals surface area contributed by atoms with Crippen molar-refractivity contribution in [3.05, 3.63) is 107 Å². The van der Waals surface area contributed by atoms with Crippen molar-refractivity contribution in [3.63, 3.8) is 0 Å². The van der Waals surface area contributed by atoms with Crippen LogP contribution in [0.15, 0.2) is 78.9 Å². The van der Waals surface area contributed by atoms with E-state index in [1.165, 1.54) is 24.3 Å². The van der Waals surface area contributed by atoms with Crippen LogP contribution < -0.4 is 10.1 Å². The molecule has 1 heterocycles. The molecule has 1 aliphatic rings. The third-order valence-electron chi connectivity index (χ3n) is 6.69. The third kappa shape index (κ3) is 6.46. The van der Waals surface area contributed by atoms with Gasteiger partial charge in [-0.05, 0) is 71.9 Å². The number of aromatic nitrogens is 1. The van der Waals surface area contributed by atoms with E-state index in [-0.39, 0.29) is 17.2 Å². The van der Waals surface area contributed by atoms with Crippen LogP contribution in [0.1, 0.15) is 50.9 Å². The zero-order chi connectivity index (χ0) is 28.9. The molecule has 2 amide bonds. The van der Waals surface area contributed by atoms with E-state index in [2.05, 4.69) is 23.1 Å². The van der Waals surface area contributed by atoms with Crippen LogP contribution in [0, 0.1) is 5.92 Å². The standard InChI is InChI=1S/C32H26F2N2O5/c1-19-15-22(17-20-7-3-2-4-8-20)29-25(16-19)28(24-9-5-6-10-26(24)35-29)31(39)40-18-27(37)36-30(38)21-11-13-23(14-12-21)41-32(33)34/h2-14,17,19,32H,15-16,18H2,1H3,(H,36,37,38). The van der Waals surface area contributed by atoms with Gasteiger partial charge in [0, 0.05) is 10.9 Å². The summed E-state index contributed by atoms with van der Waals surface area (Å²) in [6, 6.07) is 22.0. The van der Waals surface area contributed by atoms with E-state index in [0.717, 1.165) is 28.8 Å². The number of nitrogens with one attached hydrogen (secondary N) is 1. The zero-order valence-corrected chi connectivity index (χ0v) is 22.1. The van der Waals surface area contributed by atoms with Gasteiger partial charge in [0.1, 0.15) is 5.75 Å². The molecule has 3 aromatic carbocycles. The van der Waals surface area contributed by atoms with Gasteiger partial charge in [0.2, 0.25) is 0 Å². The number of carbonyl (C=O) groups is 3. The summed E-state index contributed by atoms with van der Waals surface area (Å²) < 4.78 is 34.3. The normalized spacial score (nSPS) is 15.4. The van der Waals surface area contributed by atoms with E-state index in [1.807, 2.05) is 48.5 Å². The number of esters is 1. The molecule has 1 N–H and O–H groups in total. The Kier molecular flexibility index (Phi) is 8.14. The number of pyridine rings is 1. The number of allylic oxidation sites excluding steroid dienone is 1. The largest absolute Gasteiger partial charge is 0.452 e. The molecule has 9 heteroatoms. The number of nitrogens with zero attached hydrogens (tertiary/aromatic N) is 1. The van der Waals surface area contributed by atoms with Gasteiger partial charge in [0.05, 0.1) is 16.8 Å². The quantitative estimate of drug-likeness (QED) is 0.278. The Hall–Kier alpha value is -4.92. The van der Waals surface area contributed by atoms with E-state index in [1.54, 1.807) is 6.07 Å². The van der Waals surface area contributed by atoms with Crippen molar-refractivity contribution in [2.24, 2.45) is 5.92 Å². The van der Waals surface area contributed by atoms with E-state index < -0.39 is 31.0 Å². The summed E-state index contributed by atoms with van der Waals surface area (Å²) in [5.41, 5.74) is 4.56. The Morgan fingerprint density at radius 1 is 0.976 bits per heavy atom. The highest BCUT2D eigenvalue weighted by Crippen LogP contribution is 2.38. The van der Waals surface area contributed by atoms with Crippen molar-refractivity contribution in [1.82, 2.24) is 10.3 Å². The minimum Gasteiger partial charge on any atom is -0.452 e. The van der Waals surface area contributed by atoms with Crippen LogP contribution >= 0.6 is 0 Å². The van der Waals surface area contributed by atoms with Crippen molar-refractivity contribution in [1.29, 1.82) is 0 Å². The van der Waals surface area contributed by atoms with Gasteiger partial charge < -0.3 is 9.47 Å². The molecule has 0 bridgehead atoms. The Morgan fingerprint density at radius 3 is 2.41 bits per heavy atom. The van der Waals surface area contributed by atoms with Gasteiger partial charge in [-0.15, -0.1) is 0 Å². The molecule has 0 spiro atoms. The molecule has 0 fully saturated rings. The number of carbonyl (C=O) groups excluding carboxylic acids is 3. The van der Waals surface area contributed by atoms with Gasteiger partial charge in [0.25, 0.3) is 11.8 Å². The molecule has 0 saturated heterocycles. The number of rotatable bonds is 7. The molecule has 208 valence electrons. The van der Waals surface area contributed by atoms with Crippen molar-refractivity contribution >= 4 is 40.3 Å². The summed E-state index contributed by atoms with van der Waals surface area (Å²) in [6.07, 6.45) is 3.48. The highest BCUT2D eigenvalue weighted by atomic mass is 19.3. The van der Waals surface area contributed by atoms with Crippen LogP contribution in [-0.2, 0) is 16.0 Å². The fourth-order valence-electron chi connectivity index (χ4n) is 4.95. The van der Waals surface area contributed by atoms with Gasteiger partial charge in [0.15, 0.2) is 6.61 Å². The molecular weight excluding hydrogens is 530 g/mol. The first kappa shape index (κ1) is 27.6. The Balaban J connectivity index is 1.37. The molecule has 0 radical (unpaired) electrons. The molecule has 7 nitrogen and oxygen atoms in total. The number of alkyl halides is 2. The molecular formula is C32H26F2N2O5. The Labute approximate surface area is 234 Å². The highest BCUT2D eigenvalue weighted by Gasteiger charge is 2.29. The lowest BCUT2D eigenvalue weighted by Gasteiger charge is -2.26. The molecule has 1 atom stereocenters. The summed E-state index contributed by atoms with van der Waals surface area (Å²) in [6.45, 7) is -1.58. The molecule has 0 saturated carbocycles. The van der Waals surface area contributed by atoms with Crippen LogP contribution in [0.2, 0.25) is 0 Å². The fourth-order valence-corrected chi connectivity index (χ4v) is 4.95. The maximum Gasteiger partial charge on any atom is 0.387 e. The molecule has 1 unspecified atom stereocenters. The molecule has 0 aliphatic heterocycles. The number of halogens is 2. The van der Waals surface area contributed by atoms with E-state index >= 15 is 0 Å². The highest BCUT2D eigenvalue weighted by molar-refractivity contribution is 6.08. The lowest BCUT2D eigenvalue weighted by atomic mass is 9.80. The van der Waals surface area contributed by atoms with Crippen LogP contribution in [0.5, 0.6) is 5.75 Å². The van der Waals surface area contributed by atoms with Crippen molar-refractivity contribution < 1.29 is 32.6 Å². The zero-order valence-electron chi connectivity index (χ0n) is 22.1. The molecule has 41 heavy (non-hydrogen) atoms. The topological polar surface area (TPSA) is 94.6 Å². The molecule has 1 aromatic heterocycles. The summed E-state index contributed by atoms with van der Waals surface area (Å²) in [7, 11) is 0. The van der Waals surface area contributed by atoms with E-state index in [9.17, 15) is 23.2 Å². The first-order valence-corrected chi connectivity index (χ1v) is 13.0. The number of para-hydroxylation sites is 1. The minimum atomic E-state index is -3.00. The maximum atomic E-state index is 13.5. The van der Waals surface area contributed by atoms with Crippen molar-refractivity contribution in [3.8, 4) is 5.75 Å². The van der Waals surface area contributed by atoms with E-state index in [4.69, 9.17) is 9.72 Å². The van der Waals surface area contributed by atoms with Crippen molar-refractivity contribution in [2.75, 3.05) is 6.61 Å². The molecule has 4 aromatic rings. The monoisotopic (exact) mass is 556 g/mol. The number of benzene rings is 3. The summed E-state index contributed by atoms with van der Waals surface area (Å²) in [5, 5.41) is 2.76. The number of amides is 2. The van der Waals surface area contributed by atoms with Crippen LogP contribution in [0.3, 0.4) is 0 Å². The maximum absolute atomic E-state index is 13.5. The lowest BCUT2D eigenvalue weighted by Crippen LogP contribution is -2.34. The van der Waals surface area contributed by atoms with Crippen LogP contribution in [-0.4, -0.2) is 36.0 Å². The average Bonchev–Trinajstić information content (AvgIpc) is 2.95. The minimum absolute atomic E-state index is 0.0483. The second kappa shape index (κ2) is 12.1. The van der Waals surface area contributed by atoms with Gasteiger partial charge >= 0.3 is 12.6 Å².